The molecular formula is C16H19N5OS. The molecule has 1 aromatic carbocycles. The fourth-order valence-electron chi connectivity index (χ4n) is 3.36. The molecule has 2 saturated heterocycles. The minimum atomic E-state index is 0.161. The highest BCUT2D eigenvalue weighted by Crippen LogP contribution is 2.27. The van der Waals surface area contributed by atoms with Gasteiger partial charge in [-0.1, -0.05) is 23.9 Å². The van der Waals surface area contributed by atoms with E-state index < -0.39 is 0 Å². The maximum atomic E-state index is 12.6. The summed E-state index contributed by atoms with van der Waals surface area (Å²) in [6, 6.07) is 7.92. The first kappa shape index (κ1) is 14.7. The van der Waals surface area contributed by atoms with E-state index in [0.717, 1.165) is 42.7 Å². The van der Waals surface area contributed by atoms with Crippen LogP contribution in [0.3, 0.4) is 0 Å². The average Bonchev–Trinajstić information content (AvgIpc) is 3.29. The van der Waals surface area contributed by atoms with Gasteiger partial charge in [0.1, 0.15) is 6.33 Å². The second-order valence-corrected chi connectivity index (χ2v) is 7.13. The van der Waals surface area contributed by atoms with Crippen molar-refractivity contribution in [2.75, 3.05) is 26.2 Å². The van der Waals surface area contributed by atoms with Gasteiger partial charge in [-0.15, -0.1) is 0 Å². The quantitative estimate of drug-likeness (QED) is 0.829. The van der Waals surface area contributed by atoms with Gasteiger partial charge in [0.15, 0.2) is 5.16 Å². The number of hydrogen-bond donors (Lipinski definition) is 2. The smallest absolute Gasteiger partial charge is 0.253 e. The molecule has 6 nitrogen and oxygen atoms in total. The minimum Gasteiger partial charge on any atom is -0.338 e. The minimum absolute atomic E-state index is 0.161. The van der Waals surface area contributed by atoms with Crippen LogP contribution in [0, 0.1) is 11.8 Å². The Morgan fingerprint density at radius 1 is 1.22 bits per heavy atom. The first-order valence-electron chi connectivity index (χ1n) is 7.86. The number of aromatic nitrogens is 3. The Hall–Kier alpha value is -1.86. The van der Waals surface area contributed by atoms with E-state index in [1.165, 1.54) is 11.9 Å². The van der Waals surface area contributed by atoms with Crippen molar-refractivity contribution in [3.63, 3.8) is 0 Å². The number of rotatable bonds is 4. The number of nitrogens with one attached hydrogen (secondary N) is 2. The van der Waals surface area contributed by atoms with Crippen molar-refractivity contribution in [3.05, 3.63) is 41.7 Å². The molecule has 2 N–H and O–H groups in total. The topological polar surface area (TPSA) is 73.9 Å². The molecule has 2 atom stereocenters. The molecule has 2 aromatic rings. The number of amides is 1. The van der Waals surface area contributed by atoms with Crippen LogP contribution in [0.15, 0.2) is 35.7 Å². The lowest BCUT2D eigenvalue weighted by Crippen LogP contribution is -2.31. The predicted octanol–water partition coefficient (Wildman–Crippen LogP) is 1.39. The van der Waals surface area contributed by atoms with E-state index in [1.54, 1.807) is 11.8 Å². The van der Waals surface area contributed by atoms with Crippen molar-refractivity contribution in [2.24, 2.45) is 11.8 Å². The highest BCUT2D eigenvalue weighted by molar-refractivity contribution is 7.98. The molecule has 0 bridgehead atoms. The standard InChI is InChI=1S/C16H19N5OS/c22-15(21-7-13-5-17-6-14(13)8-21)12-3-1-11(2-4-12)9-23-16-18-10-19-20-16/h1-4,10,13-14,17H,5-9H2,(H,18,19,20)/t13-,14+. The van der Waals surface area contributed by atoms with Gasteiger partial charge in [-0.2, -0.15) is 5.10 Å². The Balaban J connectivity index is 1.37. The number of H-pyrrole nitrogens is 1. The third-order valence-electron chi connectivity index (χ3n) is 4.65. The van der Waals surface area contributed by atoms with E-state index in [0.29, 0.717) is 11.8 Å². The fraction of sp³-hybridized carbons (Fsp3) is 0.438. The zero-order chi connectivity index (χ0) is 15.6. The SMILES string of the molecule is O=C(c1ccc(CSc2ncn[nH]2)cc1)N1C[C@H]2CNC[C@H]2C1. The molecule has 23 heavy (non-hydrogen) atoms. The number of aromatic amines is 1. The highest BCUT2D eigenvalue weighted by Gasteiger charge is 2.38. The number of nitrogens with zero attached hydrogens (tertiary/aromatic N) is 3. The number of carbonyl (C=O) groups is 1. The average molecular weight is 329 g/mol. The monoisotopic (exact) mass is 329 g/mol. The molecule has 2 aliphatic heterocycles. The second-order valence-electron chi connectivity index (χ2n) is 6.16. The summed E-state index contributed by atoms with van der Waals surface area (Å²) in [5.74, 6) is 2.24. The van der Waals surface area contributed by atoms with Crippen LogP contribution >= 0.6 is 11.8 Å². The van der Waals surface area contributed by atoms with Crippen LogP contribution in [0.1, 0.15) is 15.9 Å². The van der Waals surface area contributed by atoms with Crippen LogP contribution in [-0.4, -0.2) is 52.2 Å². The van der Waals surface area contributed by atoms with Crippen molar-refractivity contribution < 1.29 is 4.79 Å². The van der Waals surface area contributed by atoms with Gasteiger partial charge in [-0.3, -0.25) is 9.89 Å². The van der Waals surface area contributed by atoms with Gasteiger partial charge < -0.3 is 10.2 Å². The summed E-state index contributed by atoms with van der Waals surface area (Å²) < 4.78 is 0. The summed E-state index contributed by atoms with van der Waals surface area (Å²) in [7, 11) is 0. The molecule has 1 amide bonds. The zero-order valence-electron chi connectivity index (χ0n) is 12.7. The Labute approximate surface area is 139 Å². The number of benzene rings is 1. The summed E-state index contributed by atoms with van der Waals surface area (Å²) in [5.41, 5.74) is 1.96. The molecule has 0 radical (unpaired) electrons. The van der Waals surface area contributed by atoms with Crippen molar-refractivity contribution in [3.8, 4) is 0 Å². The highest BCUT2D eigenvalue weighted by atomic mass is 32.2. The Bertz CT molecular complexity index is 660. The van der Waals surface area contributed by atoms with E-state index in [-0.39, 0.29) is 5.91 Å². The summed E-state index contributed by atoms with van der Waals surface area (Å²) in [6.45, 7) is 3.87. The van der Waals surface area contributed by atoms with Gasteiger partial charge in [-0.25, -0.2) is 4.98 Å². The van der Waals surface area contributed by atoms with Crippen LogP contribution < -0.4 is 5.32 Å². The third-order valence-corrected chi connectivity index (χ3v) is 5.59. The van der Waals surface area contributed by atoms with Gasteiger partial charge in [0.05, 0.1) is 0 Å². The summed E-state index contributed by atoms with van der Waals surface area (Å²) in [4.78, 5) is 18.7. The summed E-state index contributed by atoms with van der Waals surface area (Å²) in [6.07, 6.45) is 1.50. The molecule has 2 aliphatic rings. The van der Waals surface area contributed by atoms with Crippen molar-refractivity contribution in [1.29, 1.82) is 0 Å². The molecule has 1 aromatic heterocycles. The van der Waals surface area contributed by atoms with Gasteiger partial charge in [0.25, 0.3) is 5.91 Å². The van der Waals surface area contributed by atoms with Crippen LogP contribution in [0.4, 0.5) is 0 Å². The molecule has 0 unspecified atom stereocenters. The number of thioether (sulfide) groups is 1. The normalized spacial score (nSPS) is 23.2. The third kappa shape index (κ3) is 3.11. The largest absolute Gasteiger partial charge is 0.338 e. The Kier molecular flexibility index (Phi) is 4.05. The maximum Gasteiger partial charge on any atom is 0.253 e. The predicted molar refractivity (Wildman–Crippen MR) is 88.1 cm³/mol. The van der Waals surface area contributed by atoms with Crippen LogP contribution in [0.2, 0.25) is 0 Å². The van der Waals surface area contributed by atoms with Crippen molar-refractivity contribution in [2.45, 2.75) is 10.9 Å². The lowest BCUT2D eigenvalue weighted by molar-refractivity contribution is 0.0781. The number of carbonyl (C=O) groups excluding carboxylic acids is 1. The van der Waals surface area contributed by atoms with Crippen LogP contribution in [0.5, 0.6) is 0 Å². The van der Waals surface area contributed by atoms with Crippen LogP contribution in [-0.2, 0) is 5.75 Å². The molecule has 120 valence electrons. The number of hydrogen-bond acceptors (Lipinski definition) is 5. The van der Waals surface area contributed by atoms with E-state index in [1.807, 2.05) is 29.2 Å². The van der Waals surface area contributed by atoms with Crippen molar-refractivity contribution in [1.82, 2.24) is 25.4 Å². The first-order chi connectivity index (χ1) is 11.3. The maximum absolute atomic E-state index is 12.6. The van der Waals surface area contributed by atoms with Gasteiger partial charge in [-0.05, 0) is 29.5 Å². The fourth-order valence-corrected chi connectivity index (χ4v) is 4.10. The Morgan fingerprint density at radius 3 is 2.61 bits per heavy atom. The van der Waals surface area contributed by atoms with E-state index in [4.69, 9.17) is 0 Å². The lowest BCUT2D eigenvalue weighted by atomic mass is 10.0. The molecule has 3 heterocycles. The van der Waals surface area contributed by atoms with E-state index in [9.17, 15) is 4.79 Å². The molecule has 0 spiro atoms. The number of likely N-dealkylation sites (tertiary alicyclic amines) is 1. The summed E-state index contributed by atoms with van der Waals surface area (Å²) in [5, 5.41) is 10.9. The molecule has 2 fully saturated rings. The molecule has 0 aliphatic carbocycles. The van der Waals surface area contributed by atoms with E-state index in [2.05, 4.69) is 20.5 Å². The molecule has 7 heteroatoms. The molecule has 4 rings (SSSR count). The van der Waals surface area contributed by atoms with E-state index >= 15 is 0 Å². The summed E-state index contributed by atoms with van der Waals surface area (Å²) >= 11 is 1.60. The second kappa shape index (κ2) is 6.33. The van der Waals surface area contributed by atoms with Crippen molar-refractivity contribution >= 4 is 17.7 Å². The molecule has 0 saturated carbocycles. The van der Waals surface area contributed by atoms with Gasteiger partial charge in [0, 0.05) is 37.5 Å². The molecular weight excluding hydrogens is 310 g/mol. The lowest BCUT2D eigenvalue weighted by Gasteiger charge is -2.17. The first-order valence-corrected chi connectivity index (χ1v) is 8.85. The van der Waals surface area contributed by atoms with Gasteiger partial charge in [0.2, 0.25) is 0 Å². The van der Waals surface area contributed by atoms with Crippen LogP contribution in [0.25, 0.3) is 0 Å². The number of fused-ring (bicyclic) bond motifs is 1. The zero-order valence-corrected chi connectivity index (χ0v) is 13.6. The Morgan fingerprint density at radius 2 is 1.96 bits per heavy atom. The van der Waals surface area contributed by atoms with Gasteiger partial charge >= 0.3 is 0 Å².